The van der Waals surface area contributed by atoms with E-state index in [0.717, 1.165) is 11.6 Å². The number of aliphatic hydroxyl groups excluding tert-OH is 4. The Morgan fingerprint density at radius 2 is 1.74 bits per heavy atom. The fourth-order valence-corrected chi connectivity index (χ4v) is 4.20. The molecule has 11 nitrogen and oxygen atoms in total. The molecule has 0 aliphatic carbocycles. The van der Waals surface area contributed by atoms with Crippen molar-refractivity contribution in [1.29, 1.82) is 0 Å². The van der Waals surface area contributed by atoms with Gasteiger partial charge in [-0.2, -0.15) is 0 Å². The largest absolute Gasteiger partial charge is 0.507 e. The first-order valence-corrected chi connectivity index (χ1v) is 11.9. The van der Waals surface area contributed by atoms with Gasteiger partial charge >= 0.3 is 0 Å². The number of phenolic OH excluding ortho intramolecular Hbond substituents is 1. The molecule has 2 heterocycles. The van der Waals surface area contributed by atoms with Crippen LogP contribution < -0.4 is 14.9 Å². The van der Waals surface area contributed by atoms with Gasteiger partial charge in [-0.25, -0.2) is 0 Å². The predicted octanol–water partition coefficient (Wildman–Crippen LogP) is 1.57. The first-order valence-electron chi connectivity index (χ1n) is 11.9. The predicted molar refractivity (Wildman–Crippen MR) is 135 cm³/mol. The van der Waals surface area contributed by atoms with Gasteiger partial charge in [0.15, 0.2) is 5.76 Å². The molecule has 3 aromatic rings. The van der Waals surface area contributed by atoms with E-state index in [2.05, 4.69) is 0 Å². The minimum absolute atomic E-state index is 0.0497. The second-order valence-electron chi connectivity index (χ2n) is 9.21. The maximum absolute atomic E-state index is 13.2. The van der Waals surface area contributed by atoms with E-state index in [1.807, 2.05) is 19.9 Å². The summed E-state index contributed by atoms with van der Waals surface area (Å²) in [6.45, 7) is 3.05. The van der Waals surface area contributed by atoms with E-state index >= 15 is 0 Å². The van der Waals surface area contributed by atoms with Gasteiger partial charge in [0.2, 0.25) is 17.5 Å². The Morgan fingerprint density at radius 3 is 2.34 bits per heavy atom. The molecule has 11 heteroatoms. The molecule has 6 N–H and O–H groups in total. The minimum atomic E-state index is -1.70. The molecule has 4 rings (SSSR count). The van der Waals surface area contributed by atoms with Crippen LogP contribution in [0.15, 0.2) is 51.2 Å². The van der Waals surface area contributed by atoms with E-state index in [-0.39, 0.29) is 34.5 Å². The van der Waals surface area contributed by atoms with Crippen molar-refractivity contribution >= 4 is 11.0 Å². The van der Waals surface area contributed by atoms with Crippen LogP contribution in [-0.2, 0) is 11.2 Å². The Labute approximate surface area is 217 Å². The van der Waals surface area contributed by atoms with Gasteiger partial charge in [-0.05, 0) is 44.5 Å². The number of benzene rings is 2. The monoisotopic (exact) mass is 530 g/mol. The molecule has 0 radical (unpaired) electrons. The Hall–Kier alpha value is -3.61. The summed E-state index contributed by atoms with van der Waals surface area (Å²) < 4.78 is 22.5. The third-order valence-electron chi connectivity index (χ3n) is 6.34. The number of methoxy groups -OCH3 is 1. The number of allylic oxidation sites excluding steroid dienone is 2. The fraction of sp³-hybridized carbons (Fsp3) is 0.370. The van der Waals surface area contributed by atoms with E-state index in [4.69, 9.17) is 18.6 Å². The van der Waals surface area contributed by atoms with Crippen LogP contribution in [0.25, 0.3) is 22.3 Å². The Balaban J connectivity index is 1.90. The van der Waals surface area contributed by atoms with Crippen LogP contribution in [0.1, 0.15) is 19.4 Å². The van der Waals surface area contributed by atoms with Gasteiger partial charge in [-0.3, -0.25) is 4.79 Å². The average Bonchev–Trinajstić information content (AvgIpc) is 2.90. The minimum Gasteiger partial charge on any atom is -0.507 e. The van der Waals surface area contributed by atoms with E-state index in [1.54, 1.807) is 24.3 Å². The molecule has 0 saturated carbocycles. The number of hydrogen-bond acceptors (Lipinski definition) is 11. The van der Waals surface area contributed by atoms with Crippen LogP contribution in [-0.4, -0.2) is 75.1 Å². The van der Waals surface area contributed by atoms with Crippen LogP contribution in [0.5, 0.6) is 23.0 Å². The number of ether oxygens (including phenoxy) is 3. The zero-order valence-corrected chi connectivity index (χ0v) is 21.0. The number of rotatable bonds is 7. The molecule has 0 amide bonds. The average molecular weight is 531 g/mol. The summed E-state index contributed by atoms with van der Waals surface area (Å²) in [7, 11) is 1.50. The van der Waals surface area contributed by atoms with E-state index < -0.39 is 54.2 Å². The second kappa shape index (κ2) is 11.0. The SMILES string of the molecule is COc1ccc(-c2oc3c(CC=C(C)C)c(O[C@H]4O[C@H](CO)[C@H](O)[C@@H](O)[C@@H]4O)cc(O)c3c(=O)c2O)cc1. The summed E-state index contributed by atoms with van der Waals surface area (Å²) in [4.78, 5) is 13.2. The molecular weight excluding hydrogens is 500 g/mol. The molecular formula is C27H30O11. The number of hydrogen-bond donors (Lipinski definition) is 6. The van der Waals surface area contributed by atoms with Crippen molar-refractivity contribution in [2.75, 3.05) is 13.7 Å². The lowest BCUT2D eigenvalue weighted by molar-refractivity contribution is -0.277. The van der Waals surface area contributed by atoms with Crippen LogP contribution in [0, 0.1) is 0 Å². The highest BCUT2D eigenvalue weighted by atomic mass is 16.7. The summed E-state index contributed by atoms with van der Waals surface area (Å²) in [6, 6.07) is 7.54. The summed E-state index contributed by atoms with van der Waals surface area (Å²) >= 11 is 0. The molecule has 204 valence electrons. The summed E-state index contributed by atoms with van der Waals surface area (Å²) in [6.07, 6.45) is -5.77. The summed E-state index contributed by atoms with van der Waals surface area (Å²) in [5, 5.41) is 61.3. The van der Waals surface area contributed by atoms with Gasteiger partial charge in [-0.15, -0.1) is 0 Å². The Bertz CT molecular complexity index is 1390. The summed E-state index contributed by atoms with van der Waals surface area (Å²) in [5.41, 5.74) is 0.627. The molecule has 1 aromatic heterocycles. The number of aromatic hydroxyl groups is 2. The highest BCUT2D eigenvalue weighted by molar-refractivity contribution is 5.91. The quantitative estimate of drug-likeness (QED) is 0.244. The van der Waals surface area contributed by atoms with E-state index in [0.29, 0.717) is 11.3 Å². The molecule has 1 aliphatic heterocycles. The van der Waals surface area contributed by atoms with Gasteiger partial charge in [0.25, 0.3) is 0 Å². The van der Waals surface area contributed by atoms with Crippen LogP contribution in [0.4, 0.5) is 0 Å². The molecule has 5 atom stereocenters. The van der Waals surface area contributed by atoms with Crippen molar-refractivity contribution < 1.29 is 49.3 Å². The van der Waals surface area contributed by atoms with Crippen molar-refractivity contribution in [2.45, 2.75) is 51.0 Å². The number of aliphatic hydroxyl groups is 4. The van der Waals surface area contributed by atoms with Crippen molar-refractivity contribution in [3.05, 3.63) is 57.8 Å². The molecule has 0 bridgehead atoms. The van der Waals surface area contributed by atoms with Gasteiger partial charge < -0.3 is 49.3 Å². The molecule has 38 heavy (non-hydrogen) atoms. The molecule has 0 spiro atoms. The van der Waals surface area contributed by atoms with Crippen molar-refractivity contribution in [3.63, 3.8) is 0 Å². The smallest absolute Gasteiger partial charge is 0.238 e. The summed E-state index contributed by atoms with van der Waals surface area (Å²) in [5.74, 6) is -0.910. The van der Waals surface area contributed by atoms with Gasteiger partial charge in [0, 0.05) is 17.2 Å². The van der Waals surface area contributed by atoms with Crippen molar-refractivity contribution in [1.82, 2.24) is 0 Å². The lowest BCUT2D eigenvalue weighted by Gasteiger charge is -2.39. The fourth-order valence-electron chi connectivity index (χ4n) is 4.20. The normalized spacial score (nSPS) is 23.3. The van der Waals surface area contributed by atoms with E-state index in [9.17, 15) is 35.4 Å². The molecule has 1 saturated heterocycles. The number of fused-ring (bicyclic) bond motifs is 1. The van der Waals surface area contributed by atoms with Crippen LogP contribution in [0.3, 0.4) is 0 Å². The lowest BCUT2D eigenvalue weighted by Crippen LogP contribution is -2.60. The van der Waals surface area contributed by atoms with Crippen LogP contribution in [0.2, 0.25) is 0 Å². The Morgan fingerprint density at radius 1 is 1.05 bits per heavy atom. The first-order chi connectivity index (χ1) is 18.1. The standard InChI is InChI=1S/C27H30O11/c1-12(2)4-9-15-17(36-27-24(34)22(32)20(30)18(11-28)37-27)10-16(29)19-21(31)23(33)25(38-26(15)19)13-5-7-14(35-3)8-6-13/h4-8,10,18,20,22,24,27-30,32-34H,9,11H2,1-3H3/t18-,20+,22-,24+,27+/m1/s1. The molecule has 1 fully saturated rings. The maximum atomic E-state index is 13.2. The highest BCUT2D eigenvalue weighted by Crippen LogP contribution is 2.40. The van der Waals surface area contributed by atoms with Crippen molar-refractivity contribution in [3.8, 4) is 34.3 Å². The highest BCUT2D eigenvalue weighted by Gasteiger charge is 2.45. The zero-order valence-electron chi connectivity index (χ0n) is 21.0. The van der Waals surface area contributed by atoms with Crippen LogP contribution >= 0.6 is 0 Å². The topological polar surface area (TPSA) is 179 Å². The van der Waals surface area contributed by atoms with Gasteiger partial charge in [0.05, 0.1) is 13.7 Å². The lowest BCUT2D eigenvalue weighted by atomic mass is 9.99. The molecule has 2 aromatic carbocycles. The third-order valence-corrected chi connectivity index (χ3v) is 6.34. The van der Waals surface area contributed by atoms with Gasteiger partial charge in [0.1, 0.15) is 52.6 Å². The van der Waals surface area contributed by atoms with Gasteiger partial charge in [-0.1, -0.05) is 11.6 Å². The Kier molecular flexibility index (Phi) is 7.95. The van der Waals surface area contributed by atoms with Crippen molar-refractivity contribution in [2.24, 2.45) is 0 Å². The zero-order chi connectivity index (χ0) is 27.7. The first kappa shape index (κ1) is 27.4. The third kappa shape index (κ3) is 5.06. The molecule has 0 unspecified atom stereocenters. The van der Waals surface area contributed by atoms with E-state index in [1.165, 1.54) is 7.11 Å². The molecule has 1 aliphatic rings. The second-order valence-corrected chi connectivity index (χ2v) is 9.21. The maximum Gasteiger partial charge on any atom is 0.238 e. The number of phenols is 1.